The molecule has 5 heteroatoms. The van der Waals surface area contributed by atoms with Gasteiger partial charge >= 0.3 is 0 Å². The lowest BCUT2D eigenvalue weighted by atomic mass is 9.80. The fourth-order valence-electron chi connectivity index (χ4n) is 2.05. The summed E-state index contributed by atoms with van der Waals surface area (Å²) in [4.78, 5) is 0.246. The minimum atomic E-state index is -3.46. The quantitative estimate of drug-likeness (QED) is 0.818. The summed E-state index contributed by atoms with van der Waals surface area (Å²) in [6.45, 7) is 1.72. The lowest BCUT2D eigenvalue weighted by Gasteiger charge is -2.38. The van der Waals surface area contributed by atoms with E-state index in [2.05, 4.69) is 16.6 Å². The van der Waals surface area contributed by atoms with Crippen LogP contribution in [-0.2, 0) is 10.0 Å². The maximum absolute atomic E-state index is 12.2. The third-order valence-corrected chi connectivity index (χ3v) is 4.97. The van der Waals surface area contributed by atoms with Gasteiger partial charge in [-0.1, -0.05) is 11.8 Å². The Hall–Kier alpha value is -1.35. The van der Waals surface area contributed by atoms with Gasteiger partial charge in [-0.2, -0.15) is 0 Å². The van der Waals surface area contributed by atoms with Crippen molar-refractivity contribution in [1.29, 1.82) is 0 Å². The van der Waals surface area contributed by atoms with E-state index in [1.54, 1.807) is 12.1 Å². The molecule has 1 aliphatic carbocycles. The molecule has 102 valence electrons. The molecule has 0 aromatic heterocycles. The minimum absolute atomic E-state index is 0.208. The summed E-state index contributed by atoms with van der Waals surface area (Å²) in [6.07, 6.45) is 2.83. The largest absolute Gasteiger partial charge is 0.384 e. The fourth-order valence-corrected chi connectivity index (χ4v) is 3.52. The van der Waals surface area contributed by atoms with Gasteiger partial charge in [0.15, 0.2) is 0 Å². The van der Waals surface area contributed by atoms with Crippen LogP contribution in [0.25, 0.3) is 0 Å². The number of sulfonamides is 1. The Morgan fingerprint density at radius 1 is 1.32 bits per heavy atom. The number of aliphatic hydroxyl groups excluding tert-OH is 1. The van der Waals surface area contributed by atoms with E-state index in [0.29, 0.717) is 5.56 Å². The Morgan fingerprint density at radius 2 is 1.95 bits per heavy atom. The highest BCUT2D eigenvalue weighted by Crippen LogP contribution is 2.32. The SMILES string of the molecule is CC1(NS(=O)(=O)c2ccc(C#CCO)cc2)CCC1. The molecule has 1 aliphatic rings. The number of rotatable bonds is 3. The molecule has 0 spiro atoms. The molecular formula is C14H17NO3S. The average Bonchev–Trinajstić information content (AvgIpc) is 2.34. The zero-order valence-electron chi connectivity index (χ0n) is 10.8. The predicted molar refractivity (Wildman–Crippen MR) is 73.0 cm³/mol. The molecule has 0 radical (unpaired) electrons. The smallest absolute Gasteiger partial charge is 0.241 e. The molecule has 0 atom stereocenters. The van der Waals surface area contributed by atoms with Gasteiger partial charge in [-0.05, 0) is 50.5 Å². The second-order valence-corrected chi connectivity index (χ2v) is 6.69. The second kappa shape index (κ2) is 5.33. The molecule has 0 bridgehead atoms. The van der Waals surface area contributed by atoms with E-state index in [9.17, 15) is 8.42 Å². The Kier molecular flexibility index (Phi) is 3.95. The molecule has 1 aromatic carbocycles. The van der Waals surface area contributed by atoms with Crippen molar-refractivity contribution >= 4 is 10.0 Å². The van der Waals surface area contributed by atoms with Crippen LogP contribution < -0.4 is 4.72 Å². The van der Waals surface area contributed by atoms with Crippen LogP contribution in [0.2, 0.25) is 0 Å². The standard InChI is InChI=1S/C14H17NO3S/c1-14(9-3-10-14)15-19(17,18)13-7-5-12(6-8-13)4-2-11-16/h5-8,15-16H,3,9-11H2,1H3. The first-order valence-electron chi connectivity index (χ1n) is 6.19. The maximum Gasteiger partial charge on any atom is 0.241 e. The van der Waals surface area contributed by atoms with Crippen molar-refractivity contribution in [3.63, 3.8) is 0 Å². The van der Waals surface area contributed by atoms with E-state index < -0.39 is 10.0 Å². The van der Waals surface area contributed by atoms with Crippen LogP contribution in [0.4, 0.5) is 0 Å². The highest BCUT2D eigenvalue weighted by atomic mass is 32.2. The van der Waals surface area contributed by atoms with Crippen LogP contribution >= 0.6 is 0 Å². The Labute approximate surface area is 113 Å². The molecule has 0 aliphatic heterocycles. The van der Waals surface area contributed by atoms with E-state index in [0.717, 1.165) is 19.3 Å². The van der Waals surface area contributed by atoms with Gasteiger partial charge in [0, 0.05) is 11.1 Å². The van der Waals surface area contributed by atoms with Gasteiger partial charge in [0.25, 0.3) is 0 Å². The summed E-state index contributed by atoms with van der Waals surface area (Å²) in [7, 11) is -3.46. The molecule has 0 amide bonds. The van der Waals surface area contributed by atoms with Crippen LogP contribution in [0, 0.1) is 11.8 Å². The molecule has 0 saturated heterocycles. The molecule has 1 saturated carbocycles. The molecule has 1 fully saturated rings. The van der Waals surface area contributed by atoms with Crippen molar-refractivity contribution in [2.45, 2.75) is 36.6 Å². The summed E-state index contributed by atoms with van der Waals surface area (Å²) in [5, 5.41) is 8.59. The van der Waals surface area contributed by atoms with Gasteiger partial charge in [-0.25, -0.2) is 13.1 Å². The van der Waals surface area contributed by atoms with Gasteiger partial charge in [0.1, 0.15) is 6.61 Å². The highest BCUT2D eigenvalue weighted by molar-refractivity contribution is 7.89. The van der Waals surface area contributed by atoms with Crippen LogP contribution in [0.1, 0.15) is 31.7 Å². The first-order valence-corrected chi connectivity index (χ1v) is 7.67. The molecule has 0 heterocycles. The summed E-state index contributed by atoms with van der Waals surface area (Å²) in [6, 6.07) is 6.35. The topological polar surface area (TPSA) is 66.4 Å². The molecule has 1 aromatic rings. The van der Waals surface area contributed by atoms with Crippen molar-refractivity contribution in [2.24, 2.45) is 0 Å². The lowest BCUT2D eigenvalue weighted by molar-refractivity contribution is 0.248. The van der Waals surface area contributed by atoms with Crippen molar-refractivity contribution in [1.82, 2.24) is 4.72 Å². The molecule has 2 rings (SSSR count). The van der Waals surface area contributed by atoms with E-state index in [4.69, 9.17) is 5.11 Å². The zero-order valence-corrected chi connectivity index (χ0v) is 11.6. The van der Waals surface area contributed by atoms with Crippen molar-refractivity contribution in [3.8, 4) is 11.8 Å². The third kappa shape index (κ3) is 3.35. The minimum Gasteiger partial charge on any atom is -0.384 e. The van der Waals surface area contributed by atoms with Gasteiger partial charge in [-0.15, -0.1) is 0 Å². The van der Waals surface area contributed by atoms with Gasteiger partial charge in [0.2, 0.25) is 10.0 Å². The van der Waals surface area contributed by atoms with Crippen LogP contribution in [0.5, 0.6) is 0 Å². The van der Waals surface area contributed by atoms with Crippen LogP contribution in [0.3, 0.4) is 0 Å². The van der Waals surface area contributed by atoms with Crippen molar-refractivity contribution < 1.29 is 13.5 Å². The molecule has 2 N–H and O–H groups in total. The normalized spacial score (nSPS) is 17.2. The number of aliphatic hydroxyl groups is 1. The van der Waals surface area contributed by atoms with Gasteiger partial charge in [-0.3, -0.25) is 0 Å². The predicted octanol–water partition coefficient (Wildman–Crippen LogP) is 1.25. The maximum atomic E-state index is 12.2. The zero-order chi connectivity index (χ0) is 13.9. The highest BCUT2D eigenvalue weighted by Gasteiger charge is 2.36. The number of nitrogens with one attached hydrogen (secondary N) is 1. The second-order valence-electron chi connectivity index (χ2n) is 5.00. The van der Waals surface area contributed by atoms with E-state index in [1.165, 1.54) is 12.1 Å². The van der Waals surface area contributed by atoms with Crippen LogP contribution in [-0.4, -0.2) is 25.7 Å². The monoisotopic (exact) mass is 279 g/mol. The van der Waals surface area contributed by atoms with Gasteiger partial charge in [0.05, 0.1) is 4.90 Å². The number of hydrogen-bond acceptors (Lipinski definition) is 3. The van der Waals surface area contributed by atoms with Gasteiger partial charge < -0.3 is 5.11 Å². The lowest BCUT2D eigenvalue weighted by Crippen LogP contribution is -2.50. The molecule has 0 unspecified atom stereocenters. The van der Waals surface area contributed by atoms with E-state index >= 15 is 0 Å². The number of benzene rings is 1. The van der Waals surface area contributed by atoms with E-state index in [-0.39, 0.29) is 17.0 Å². The van der Waals surface area contributed by atoms with Crippen molar-refractivity contribution in [2.75, 3.05) is 6.61 Å². The van der Waals surface area contributed by atoms with Crippen molar-refractivity contribution in [3.05, 3.63) is 29.8 Å². The summed E-state index contributed by atoms with van der Waals surface area (Å²) in [5.41, 5.74) is 0.386. The summed E-state index contributed by atoms with van der Waals surface area (Å²) >= 11 is 0. The molecular weight excluding hydrogens is 262 g/mol. The number of hydrogen-bond donors (Lipinski definition) is 2. The van der Waals surface area contributed by atoms with Crippen LogP contribution in [0.15, 0.2) is 29.2 Å². The average molecular weight is 279 g/mol. The Balaban J connectivity index is 2.16. The molecule has 19 heavy (non-hydrogen) atoms. The fraction of sp³-hybridized carbons (Fsp3) is 0.429. The Bertz CT molecular complexity index is 604. The Morgan fingerprint density at radius 3 is 2.42 bits per heavy atom. The van der Waals surface area contributed by atoms with E-state index in [1.807, 2.05) is 6.92 Å². The summed E-state index contributed by atoms with van der Waals surface area (Å²) < 4.78 is 27.1. The first kappa shape index (κ1) is 14.1. The third-order valence-electron chi connectivity index (χ3n) is 3.31. The summed E-state index contributed by atoms with van der Waals surface area (Å²) in [5.74, 6) is 5.25. The first-order chi connectivity index (χ1) is 8.95. The molecule has 4 nitrogen and oxygen atoms in total.